The largest absolute Gasteiger partial charge is 0.356 e. The number of aliphatic hydroxyl groups excluding tert-OH is 1. The van der Waals surface area contributed by atoms with E-state index in [0.717, 1.165) is 5.82 Å². The van der Waals surface area contributed by atoms with Crippen LogP contribution < -0.4 is 4.57 Å². The summed E-state index contributed by atoms with van der Waals surface area (Å²) < 4.78 is 3.77. The first-order valence-corrected chi connectivity index (χ1v) is 3.89. The van der Waals surface area contributed by atoms with Gasteiger partial charge in [0.25, 0.3) is 5.82 Å². The van der Waals surface area contributed by atoms with Crippen LogP contribution in [-0.4, -0.2) is 14.8 Å². The maximum atomic E-state index is 9.17. The van der Waals surface area contributed by atoms with Gasteiger partial charge in [-0.05, 0) is 0 Å². The number of hydrogen-bond donors (Lipinski definition) is 1. The number of hydrogen-bond acceptors (Lipinski definition) is 4. The van der Waals surface area contributed by atoms with Crippen LogP contribution >= 0.6 is 0 Å². The maximum absolute atomic E-state index is 9.17. The van der Waals surface area contributed by atoms with Gasteiger partial charge in [0.1, 0.15) is 12.4 Å². The molecule has 0 bridgehead atoms. The molecule has 7 nitrogen and oxygen atoms in total. The van der Waals surface area contributed by atoms with Gasteiger partial charge in [-0.3, -0.25) is 0 Å². The molecule has 1 unspecified atom stereocenters. The Balaban J connectivity index is 0.000000364. The molecule has 0 aliphatic rings. The second-order valence-electron chi connectivity index (χ2n) is 2.72. The van der Waals surface area contributed by atoms with Crippen molar-refractivity contribution in [2.24, 2.45) is 7.05 Å². The molecule has 1 rings (SSSR count). The molecule has 0 fully saturated rings. The van der Waals surface area contributed by atoms with Crippen LogP contribution in [0.3, 0.4) is 0 Å². The number of imidazole rings is 1. The minimum absolute atomic E-state index is 0.429. The molecular formula is C7H13N3O4. The van der Waals surface area contributed by atoms with Crippen molar-refractivity contribution in [3.63, 3.8) is 0 Å². The van der Waals surface area contributed by atoms with Gasteiger partial charge in [-0.25, -0.2) is 9.13 Å². The van der Waals surface area contributed by atoms with E-state index in [1.54, 1.807) is 11.5 Å². The summed E-state index contributed by atoms with van der Waals surface area (Å²) in [5.74, 6) is 1.05. The Hall–Kier alpha value is -1.63. The SMILES string of the molecule is Cc1n(C(C)O)cc[n+]1C.O=[N+]([O-])[O-]. The zero-order valence-electron chi connectivity index (χ0n) is 8.25. The topological polar surface area (TPSA) is 95.2 Å². The zero-order valence-corrected chi connectivity index (χ0v) is 8.25. The van der Waals surface area contributed by atoms with Crippen LogP contribution in [0, 0.1) is 22.2 Å². The van der Waals surface area contributed by atoms with E-state index in [4.69, 9.17) is 20.4 Å². The fraction of sp³-hybridized carbons (Fsp3) is 0.571. The fourth-order valence-electron chi connectivity index (χ4n) is 0.965. The lowest BCUT2D eigenvalue weighted by atomic mass is 10.6. The average Bonchev–Trinajstić information content (AvgIpc) is 2.31. The number of aryl methyl sites for hydroxylation is 1. The third-order valence-corrected chi connectivity index (χ3v) is 1.74. The van der Waals surface area contributed by atoms with Crippen molar-refractivity contribution in [2.75, 3.05) is 0 Å². The predicted molar refractivity (Wildman–Crippen MR) is 47.6 cm³/mol. The summed E-state index contributed by atoms with van der Waals surface area (Å²) in [6.07, 6.45) is 3.35. The minimum Gasteiger partial charge on any atom is -0.356 e. The molecule has 7 heteroatoms. The summed E-state index contributed by atoms with van der Waals surface area (Å²) in [6.45, 7) is 3.71. The standard InChI is InChI=1S/C7H13N2O.NO3/c1-6-8(3)4-5-9(6)7(2)10;2-1(3)4/h4-5,7,10H,1-3H3;/q+1;-1. The van der Waals surface area contributed by atoms with Crippen molar-refractivity contribution in [1.82, 2.24) is 4.57 Å². The van der Waals surface area contributed by atoms with Crippen molar-refractivity contribution in [1.29, 1.82) is 0 Å². The Morgan fingerprint density at radius 2 is 2.07 bits per heavy atom. The van der Waals surface area contributed by atoms with Gasteiger partial charge >= 0.3 is 0 Å². The van der Waals surface area contributed by atoms with Gasteiger partial charge in [0, 0.05) is 13.8 Å². The first-order chi connectivity index (χ1) is 6.36. The molecule has 0 saturated carbocycles. The van der Waals surface area contributed by atoms with Gasteiger partial charge in [-0.15, -0.1) is 0 Å². The van der Waals surface area contributed by atoms with E-state index >= 15 is 0 Å². The van der Waals surface area contributed by atoms with Gasteiger partial charge < -0.3 is 20.4 Å². The summed E-state index contributed by atoms with van der Waals surface area (Å²) in [6, 6.07) is 0. The molecule has 0 spiro atoms. The highest BCUT2D eigenvalue weighted by atomic mass is 16.9. The maximum Gasteiger partial charge on any atom is 0.255 e. The lowest BCUT2D eigenvalue weighted by Gasteiger charge is -1.99. The normalized spacial score (nSPS) is 11.4. The van der Waals surface area contributed by atoms with Crippen molar-refractivity contribution in [3.8, 4) is 0 Å². The van der Waals surface area contributed by atoms with E-state index in [1.165, 1.54) is 0 Å². The Bertz CT molecular complexity index is 304. The van der Waals surface area contributed by atoms with Crippen LogP contribution in [0.15, 0.2) is 12.4 Å². The number of aromatic nitrogens is 2. The summed E-state index contributed by atoms with van der Waals surface area (Å²) in [7, 11) is 1.95. The molecule has 1 N–H and O–H groups in total. The molecule has 1 aromatic heterocycles. The molecule has 1 atom stereocenters. The van der Waals surface area contributed by atoms with Crippen LogP contribution in [0.4, 0.5) is 0 Å². The number of rotatable bonds is 1. The monoisotopic (exact) mass is 203 g/mol. The molecule has 14 heavy (non-hydrogen) atoms. The minimum atomic E-state index is -1.75. The van der Waals surface area contributed by atoms with Crippen molar-refractivity contribution in [3.05, 3.63) is 33.5 Å². The highest BCUT2D eigenvalue weighted by molar-refractivity contribution is 4.80. The predicted octanol–water partition coefficient (Wildman–Crippen LogP) is -0.107. The van der Waals surface area contributed by atoms with Crippen LogP contribution in [0.25, 0.3) is 0 Å². The van der Waals surface area contributed by atoms with E-state index in [1.807, 2.05) is 30.9 Å². The molecule has 0 radical (unpaired) electrons. The highest BCUT2D eigenvalue weighted by Crippen LogP contribution is 2.01. The summed E-state index contributed by atoms with van der Waals surface area (Å²) in [5.41, 5.74) is 0. The summed E-state index contributed by atoms with van der Waals surface area (Å²) in [5, 5.41) is 23.9. The van der Waals surface area contributed by atoms with Crippen LogP contribution in [0.1, 0.15) is 19.0 Å². The quantitative estimate of drug-likeness (QED) is 0.391. The third-order valence-electron chi connectivity index (χ3n) is 1.74. The first kappa shape index (κ1) is 12.4. The van der Waals surface area contributed by atoms with Crippen LogP contribution in [-0.2, 0) is 7.05 Å². The summed E-state index contributed by atoms with van der Waals surface area (Å²) in [4.78, 5) is 8.25. The lowest BCUT2D eigenvalue weighted by Crippen LogP contribution is -2.30. The van der Waals surface area contributed by atoms with Gasteiger partial charge in [0.2, 0.25) is 0 Å². The van der Waals surface area contributed by atoms with Crippen LogP contribution in [0.2, 0.25) is 0 Å². The Kier molecular flexibility index (Phi) is 4.57. The third kappa shape index (κ3) is 3.85. The van der Waals surface area contributed by atoms with Crippen molar-refractivity contribution >= 4 is 0 Å². The number of nitrogens with zero attached hydrogens (tertiary/aromatic N) is 3. The molecular weight excluding hydrogens is 190 g/mol. The second kappa shape index (κ2) is 5.18. The van der Waals surface area contributed by atoms with Crippen LogP contribution in [0.5, 0.6) is 0 Å². The summed E-state index contributed by atoms with van der Waals surface area (Å²) >= 11 is 0. The Labute approximate surface area is 80.9 Å². The zero-order chi connectivity index (χ0) is 11.3. The molecule has 0 aromatic carbocycles. The Morgan fingerprint density at radius 1 is 1.64 bits per heavy atom. The van der Waals surface area contributed by atoms with E-state index in [9.17, 15) is 0 Å². The lowest BCUT2D eigenvalue weighted by molar-refractivity contribution is -0.677. The highest BCUT2D eigenvalue weighted by Gasteiger charge is 2.11. The molecule has 1 heterocycles. The van der Waals surface area contributed by atoms with Gasteiger partial charge in [0.15, 0.2) is 6.23 Å². The van der Waals surface area contributed by atoms with Crippen molar-refractivity contribution < 1.29 is 14.8 Å². The van der Waals surface area contributed by atoms with Gasteiger partial charge in [-0.1, -0.05) is 0 Å². The van der Waals surface area contributed by atoms with Crippen molar-refractivity contribution in [2.45, 2.75) is 20.1 Å². The second-order valence-corrected chi connectivity index (χ2v) is 2.72. The molecule has 0 amide bonds. The van der Waals surface area contributed by atoms with Gasteiger partial charge in [-0.2, -0.15) is 0 Å². The fourth-order valence-corrected chi connectivity index (χ4v) is 0.965. The first-order valence-electron chi connectivity index (χ1n) is 3.89. The molecule has 0 saturated heterocycles. The number of aliphatic hydroxyl groups is 1. The smallest absolute Gasteiger partial charge is 0.255 e. The Morgan fingerprint density at radius 3 is 2.21 bits per heavy atom. The van der Waals surface area contributed by atoms with E-state index in [-0.39, 0.29) is 0 Å². The molecule has 0 aliphatic carbocycles. The average molecular weight is 203 g/mol. The van der Waals surface area contributed by atoms with E-state index in [2.05, 4.69) is 0 Å². The molecule has 80 valence electrons. The van der Waals surface area contributed by atoms with Gasteiger partial charge in [0.05, 0.1) is 12.1 Å². The molecule has 0 aliphatic heterocycles. The van der Waals surface area contributed by atoms with E-state index < -0.39 is 11.3 Å². The van der Waals surface area contributed by atoms with E-state index in [0.29, 0.717) is 0 Å². The molecule has 1 aromatic rings.